The van der Waals surface area contributed by atoms with Gasteiger partial charge >= 0.3 is 0 Å². The third kappa shape index (κ3) is 3.37. The fourth-order valence-corrected chi connectivity index (χ4v) is 3.20. The first kappa shape index (κ1) is 17.5. The Morgan fingerprint density at radius 2 is 1.79 bits per heavy atom. The van der Waals surface area contributed by atoms with Crippen molar-refractivity contribution < 1.29 is 9.72 Å². The van der Waals surface area contributed by atoms with Gasteiger partial charge in [0, 0.05) is 42.1 Å². The largest absolute Gasteiger partial charge is 0.274 e. The Morgan fingerprint density at radius 1 is 1.04 bits per heavy atom. The minimum Gasteiger partial charge on any atom is -0.267 e. The number of carbonyl (C=O) groups is 1. The van der Waals surface area contributed by atoms with Crippen LogP contribution in [0.4, 0.5) is 5.69 Å². The molecule has 2 aromatic carbocycles. The number of non-ortho nitro benzene ring substituents is 1. The summed E-state index contributed by atoms with van der Waals surface area (Å²) in [5.41, 5.74) is 2.93. The third-order valence-electron chi connectivity index (χ3n) is 4.62. The van der Waals surface area contributed by atoms with Crippen LogP contribution in [0.1, 0.15) is 33.9 Å². The molecule has 0 N–H and O–H groups in total. The molecule has 0 aliphatic carbocycles. The van der Waals surface area contributed by atoms with Gasteiger partial charge < -0.3 is 0 Å². The molecular weight excluding hydrogens is 356 g/mol. The Bertz CT molecular complexity index is 1030. The van der Waals surface area contributed by atoms with Crippen molar-refractivity contribution in [3.8, 4) is 0 Å². The van der Waals surface area contributed by atoms with Crippen LogP contribution in [0.5, 0.6) is 0 Å². The van der Waals surface area contributed by atoms with Crippen molar-refractivity contribution in [3.05, 3.63) is 106 Å². The van der Waals surface area contributed by atoms with Crippen LogP contribution in [-0.4, -0.2) is 26.5 Å². The van der Waals surface area contributed by atoms with Crippen LogP contribution in [0.25, 0.3) is 0 Å². The number of aromatic nitrogens is 1. The van der Waals surface area contributed by atoms with Gasteiger partial charge in [-0.2, -0.15) is 5.10 Å². The molecule has 2 heterocycles. The maximum Gasteiger partial charge on any atom is 0.274 e. The molecule has 0 saturated heterocycles. The topological polar surface area (TPSA) is 88.7 Å². The molecule has 1 atom stereocenters. The third-order valence-corrected chi connectivity index (χ3v) is 4.62. The van der Waals surface area contributed by atoms with E-state index in [-0.39, 0.29) is 17.6 Å². The minimum atomic E-state index is -0.442. The molecule has 1 unspecified atom stereocenters. The van der Waals surface area contributed by atoms with Crippen LogP contribution >= 0.6 is 0 Å². The van der Waals surface area contributed by atoms with E-state index >= 15 is 0 Å². The maximum atomic E-state index is 13.1. The number of nitrogens with zero attached hydrogens (tertiary/aromatic N) is 4. The molecule has 1 aromatic heterocycles. The van der Waals surface area contributed by atoms with Crippen LogP contribution in [-0.2, 0) is 0 Å². The highest BCUT2D eigenvalue weighted by atomic mass is 16.6. The van der Waals surface area contributed by atoms with Crippen molar-refractivity contribution in [2.75, 3.05) is 0 Å². The summed E-state index contributed by atoms with van der Waals surface area (Å²) in [6, 6.07) is 18.6. The number of carbonyl (C=O) groups excluding carboxylic acids is 1. The van der Waals surface area contributed by atoms with Gasteiger partial charge in [0.15, 0.2) is 0 Å². The van der Waals surface area contributed by atoms with Crippen molar-refractivity contribution in [2.24, 2.45) is 5.10 Å². The number of hydrogen-bond donors (Lipinski definition) is 0. The van der Waals surface area contributed by atoms with Crippen molar-refractivity contribution >= 4 is 17.3 Å². The van der Waals surface area contributed by atoms with Gasteiger partial charge in [-0.1, -0.05) is 36.4 Å². The Labute approximate surface area is 161 Å². The molecule has 0 spiro atoms. The molecule has 1 aliphatic rings. The molecule has 7 heteroatoms. The van der Waals surface area contributed by atoms with Gasteiger partial charge in [-0.25, -0.2) is 5.01 Å². The number of benzene rings is 2. The second-order valence-corrected chi connectivity index (χ2v) is 6.37. The highest BCUT2D eigenvalue weighted by Gasteiger charge is 2.33. The van der Waals surface area contributed by atoms with Gasteiger partial charge in [0.2, 0.25) is 0 Å². The summed E-state index contributed by atoms with van der Waals surface area (Å²) >= 11 is 0. The summed E-state index contributed by atoms with van der Waals surface area (Å²) in [7, 11) is 0. The number of hydrazone groups is 1. The lowest BCUT2D eigenvalue weighted by Gasteiger charge is -2.22. The van der Waals surface area contributed by atoms with E-state index in [4.69, 9.17) is 0 Å². The first-order chi connectivity index (χ1) is 13.6. The van der Waals surface area contributed by atoms with Crippen LogP contribution in [0.2, 0.25) is 0 Å². The second-order valence-electron chi connectivity index (χ2n) is 6.37. The first-order valence-corrected chi connectivity index (χ1v) is 8.74. The Morgan fingerprint density at radius 3 is 2.43 bits per heavy atom. The van der Waals surface area contributed by atoms with E-state index in [0.717, 1.165) is 16.8 Å². The predicted octanol–water partition coefficient (Wildman–Crippen LogP) is 3.98. The van der Waals surface area contributed by atoms with E-state index < -0.39 is 4.92 Å². The summed E-state index contributed by atoms with van der Waals surface area (Å²) in [5.74, 6) is -0.220. The number of pyridine rings is 1. The zero-order chi connectivity index (χ0) is 19.5. The highest BCUT2D eigenvalue weighted by molar-refractivity contribution is 6.04. The van der Waals surface area contributed by atoms with Crippen molar-refractivity contribution in [2.45, 2.75) is 12.5 Å². The Hall–Kier alpha value is -3.87. The average Bonchev–Trinajstić information content (AvgIpc) is 3.20. The van der Waals surface area contributed by atoms with Crippen molar-refractivity contribution in [1.82, 2.24) is 9.99 Å². The lowest BCUT2D eigenvalue weighted by molar-refractivity contribution is -0.384. The van der Waals surface area contributed by atoms with Gasteiger partial charge in [-0.15, -0.1) is 0 Å². The van der Waals surface area contributed by atoms with E-state index in [0.29, 0.717) is 12.0 Å². The number of amides is 1. The van der Waals surface area contributed by atoms with Crippen LogP contribution in [0, 0.1) is 10.1 Å². The van der Waals surface area contributed by atoms with Gasteiger partial charge in [-0.3, -0.25) is 19.9 Å². The van der Waals surface area contributed by atoms with Crippen LogP contribution in [0.3, 0.4) is 0 Å². The fraction of sp³-hybridized carbons (Fsp3) is 0.0952. The lowest BCUT2D eigenvalue weighted by atomic mass is 9.98. The number of nitro groups is 1. The maximum absolute atomic E-state index is 13.1. The molecular formula is C21H16N4O3. The van der Waals surface area contributed by atoms with E-state index in [2.05, 4.69) is 10.1 Å². The number of nitro benzene ring substituents is 1. The molecule has 3 aromatic rings. The van der Waals surface area contributed by atoms with Gasteiger partial charge in [0.1, 0.15) is 0 Å². The summed E-state index contributed by atoms with van der Waals surface area (Å²) in [4.78, 5) is 27.7. The van der Waals surface area contributed by atoms with E-state index in [1.807, 2.05) is 18.2 Å². The molecule has 4 rings (SSSR count). The molecule has 28 heavy (non-hydrogen) atoms. The number of rotatable bonds is 4. The SMILES string of the molecule is O=C(c1ccccc1)N1N=C(c2cccnc2)CC1c1ccc([N+](=O)[O-])cc1. The van der Waals surface area contributed by atoms with Gasteiger partial charge in [0.25, 0.3) is 11.6 Å². The van der Waals surface area contributed by atoms with Crippen molar-refractivity contribution in [3.63, 3.8) is 0 Å². The second kappa shape index (κ2) is 7.40. The quantitative estimate of drug-likeness (QED) is 0.512. The minimum absolute atomic E-state index is 0.0103. The van der Waals surface area contributed by atoms with E-state index in [1.54, 1.807) is 48.8 Å². The molecule has 1 amide bonds. The molecule has 7 nitrogen and oxygen atoms in total. The summed E-state index contributed by atoms with van der Waals surface area (Å²) < 4.78 is 0. The monoisotopic (exact) mass is 372 g/mol. The van der Waals surface area contributed by atoms with Gasteiger partial charge in [0.05, 0.1) is 16.7 Å². The van der Waals surface area contributed by atoms with E-state index in [9.17, 15) is 14.9 Å². The molecule has 0 saturated carbocycles. The summed E-state index contributed by atoms with van der Waals surface area (Å²) in [6.07, 6.45) is 3.89. The predicted molar refractivity (Wildman–Crippen MR) is 104 cm³/mol. The summed E-state index contributed by atoms with van der Waals surface area (Å²) in [6.45, 7) is 0. The van der Waals surface area contributed by atoms with Crippen LogP contribution < -0.4 is 0 Å². The van der Waals surface area contributed by atoms with Crippen molar-refractivity contribution in [1.29, 1.82) is 0 Å². The Balaban J connectivity index is 1.71. The zero-order valence-corrected chi connectivity index (χ0v) is 14.8. The molecule has 0 radical (unpaired) electrons. The Kier molecular flexibility index (Phi) is 4.63. The molecule has 138 valence electrons. The normalized spacial score (nSPS) is 15.9. The fourth-order valence-electron chi connectivity index (χ4n) is 3.20. The zero-order valence-electron chi connectivity index (χ0n) is 14.8. The van der Waals surface area contributed by atoms with Crippen LogP contribution in [0.15, 0.2) is 84.2 Å². The van der Waals surface area contributed by atoms with Gasteiger partial charge in [-0.05, 0) is 23.8 Å². The molecule has 1 aliphatic heterocycles. The smallest absolute Gasteiger partial charge is 0.267 e. The standard InChI is InChI=1S/C21H16N4O3/c26-21(16-5-2-1-3-6-16)24-20(15-8-10-18(11-9-15)25(27)28)13-19(23-24)17-7-4-12-22-14-17/h1-12,14,20H,13H2. The molecule has 0 fully saturated rings. The highest BCUT2D eigenvalue weighted by Crippen LogP contribution is 2.34. The lowest BCUT2D eigenvalue weighted by Crippen LogP contribution is -2.27. The summed E-state index contributed by atoms with van der Waals surface area (Å²) in [5, 5.41) is 17.0. The molecule has 0 bridgehead atoms. The van der Waals surface area contributed by atoms with E-state index in [1.165, 1.54) is 17.1 Å². The first-order valence-electron chi connectivity index (χ1n) is 8.74. The average molecular weight is 372 g/mol. The number of hydrogen-bond acceptors (Lipinski definition) is 5.